The number of amides is 1. The van der Waals surface area contributed by atoms with Crippen molar-refractivity contribution in [1.29, 1.82) is 0 Å². The van der Waals surface area contributed by atoms with Gasteiger partial charge in [-0.15, -0.1) is 0 Å². The zero-order chi connectivity index (χ0) is 22.4. The standard InChI is InChI=1S/C25H20N2O4S/c28-25(26-20-14-16-23(17-15-20)31-22-10-3-1-4-11-22)19-8-7-9-21(18-19)27-32(29,30)24-12-5-2-6-13-24/h1-18,27H,(H,26,28). The average molecular weight is 445 g/mol. The Balaban J connectivity index is 1.43. The zero-order valence-electron chi connectivity index (χ0n) is 16.9. The second kappa shape index (κ2) is 9.36. The second-order valence-electron chi connectivity index (χ2n) is 6.89. The molecule has 0 aliphatic heterocycles. The van der Waals surface area contributed by atoms with Crippen molar-refractivity contribution in [3.63, 3.8) is 0 Å². The molecule has 0 saturated heterocycles. The van der Waals surface area contributed by atoms with E-state index < -0.39 is 10.0 Å². The lowest BCUT2D eigenvalue weighted by Gasteiger charge is -2.10. The van der Waals surface area contributed by atoms with Crippen LogP contribution < -0.4 is 14.8 Å². The van der Waals surface area contributed by atoms with Gasteiger partial charge < -0.3 is 10.1 Å². The molecular weight excluding hydrogens is 424 g/mol. The van der Waals surface area contributed by atoms with Crippen LogP contribution in [0.4, 0.5) is 11.4 Å². The summed E-state index contributed by atoms with van der Waals surface area (Å²) in [5.74, 6) is 1.01. The van der Waals surface area contributed by atoms with E-state index >= 15 is 0 Å². The third-order valence-electron chi connectivity index (χ3n) is 4.52. The highest BCUT2D eigenvalue weighted by molar-refractivity contribution is 7.92. The van der Waals surface area contributed by atoms with Crippen molar-refractivity contribution in [2.24, 2.45) is 0 Å². The Bertz CT molecular complexity index is 1310. The molecule has 4 rings (SSSR count). The third-order valence-corrected chi connectivity index (χ3v) is 5.92. The van der Waals surface area contributed by atoms with E-state index in [-0.39, 0.29) is 10.8 Å². The van der Waals surface area contributed by atoms with Gasteiger partial charge in [-0.05, 0) is 66.7 Å². The third kappa shape index (κ3) is 5.33. The fourth-order valence-electron chi connectivity index (χ4n) is 2.97. The van der Waals surface area contributed by atoms with E-state index in [0.29, 0.717) is 22.7 Å². The van der Waals surface area contributed by atoms with Gasteiger partial charge in [0.15, 0.2) is 0 Å². The van der Waals surface area contributed by atoms with E-state index in [4.69, 9.17) is 4.74 Å². The topological polar surface area (TPSA) is 84.5 Å². The maximum atomic E-state index is 12.7. The smallest absolute Gasteiger partial charge is 0.261 e. The summed E-state index contributed by atoms with van der Waals surface area (Å²) in [4.78, 5) is 12.8. The van der Waals surface area contributed by atoms with Gasteiger partial charge >= 0.3 is 0 Å². The van der Waals surface area contributed by atoms with E-state index in [1.165, 1.54) is 18.2 Å². The molecule has 1 amide bonds. The van der Waals surface area contributed by atoms with E-state index in [1.54, 1.807) is 60.7 Å². The van der Waals surface area contributed by atoms with Gasteiger partial charge in [0.25, 0.3) is 15.9 Å². The van der Waals surface area contributed by atoms with E-state index in [0.717, 1.165) is 5.75 Å². The summed E-state index contributed by atoms with van der Waals surface area (Å²) in [6.07, 6.45) is 0. The van der Waals surface area contributed by atoms with E-state index in [9.17, 15) is 13.2 Å². The number of para-hydroxylation sites is 1. The Morgan fingerprint density at radius 2 is 1.28 bits per heavy atom. The Hall–Kier alpha value is -4.10. The monoisotopic (exact) mass is 444 g/mol. The fraction of sp³-hybridized carbons (Fsp3) is 0. The molecular formula is C25H20N2O4S. The minimum atomic E-state index is -3.74. The van der Waals surface area contributed by atoms with Crippen molar-refractivity contribution in [3.05, 3.63) is 115 Å². The Labute approximate surface area is 186 Å². The first kappa shape index (κ1) is 21.1. The minimum Gasteiger partial charge on any atom is -0.457 e. The number of sulfonamides is 1. The Morgan fingerprint density at radius 1 is 0.656 bits per heavy atom. The second-order valence-corrected chi connectivity index (χ2v) is 8.58. The van der Waals surface area contributed by atoms with Crippen LogP contribution in [0.3, 0.4) is 0 Å². The van der Waals surface area contributed by atoms with Crippen molar-refractivity contribution < 1.29 is 17.9 Å². The molecule has 0 unspecified atom stereocenters. The van der Waals surface area contributed by atoms with Crippen LogP contribution in [0.2, 0.25) is 0 Å². The number of benzene rings is 4. The normalized spacial score (nSPS) is 10.9. The Morgan fingerprint density at radius 3 is 1.97 bits per heavy atom. The number of ether oxygens (including phenoxy) is 1. The van der Waals surface area contributed by atoms with Crippen LogP contribution in [-0.2, 0) is 10.0 Å². The Kier molecular flexibility index (Phi) is 6.19. The number of hydrogen-bond donors (Lipinski definition) is 2. The molecule has 0 atom stereocenters. The van der Waals surface area contributed by atoms with Crippen LogP contribution in [0.25, 0.3) is 0 Å². The molecule has 0 aromatic heterocycles. The van der Waals surface area contributed by atoms with Gasteiger partial charge in [0.05, 0.1) is 4.90 Å². The summed E-state index contributed by atoms with van der Waals surface area (Å²) < 4.78 is 33.3. The maximum absolute atomic E-state index is 12.7. The molecule has 32 heavy (non-hydrogen) atoms. The van der Waals surface area contributed by atoms with Gasteiger partial charge in [-0.25, -0.2) is 8.42 Å². The average Bonchev–Trinajstić information content (AvgIpc) is 2.81. The number of anilines is 2. The molecule has 4 aromatic rings. The predicted octanol–water partition coefficient (Wildman–Crippen LogP) is 5.53. The van der Waals surface area contributed by atoms with Crippen LogP contribution in [0.1, 0.15) is 10.4 Å². The first-order valence-corrected chi connectivity index (χ1v) is 11.3. The van der Waals surface area contributed by atoms with E-state index in [1.807, 2.05) is 30.3 Å². The number of hydrogen-bond acceptors (Lipinski definition) is 4. The molecule has 0 aliphatic rings. The largest absolute Gasteiger partial charge is 0.457 e. The molecule has 6 nitrogen and oxygen atoms in total. The van der Waals surface area contributed by atoms with Crippen LogP contribution in [0.5, 0.6) is 11.5 Å². The van der Waals surface area contributed by atoms with Crippen LogP contribution in [0, 0.1) is 0 Å². The lowest BCUT2D eigenvalue weighted by Crippen LogP contribution is -2.15. The summed E-state index contributed by atoms with van der Waals surface area (Å²) in [6, 6.07) is 30.7. The SMILES string of the molecule is O=C(Nc1ccc(Oc2ccccc2)cc1)c1cccc(NS(=O)(=O)c2ccccc2)c1. The highest BCUT2D eigenvalue weighted by Gasteiger charge is 2.15. The molecule has 0 fully saturated rings. The number of nitrogens with one attached hydrogen (secondary N) is 2. The molecule has 0 bridgehead atoms. The van der Waals surface area contributed by atoms with Gasteiger partial charge in [-0.1, -0.05) is 42.5 Å². The van der Waals surface area contributed by atoms with Gasteiger partial charge in [0, 0.05) is 16.9 Å². The van der Waals surface area contributed by atoms with Crippen molar-refractivity contribution in [2.45, 2.75) is 4.90 Å². The summed E-state index contributed by atoms with van der Waals surface area (Å²) in [6.45, 7) is 0. The summed E-state index contributed by atoms with van der Waals surface area (Å²) >= 11 is 0. The molecule has 0 radical (unpaired) electrons. The molecule has 2 N–H and O–H groups in total. The quantitative estimate of drug-likeness (QED) is 0.392. The lowest BCUT2D eigenvalue weighted by atomic mass is 10.2. The van der Waals surface area contributed by atoms with Crippen molar-refractivity contribution in [3.8, 4) is 11.5 Å². The molecule has 0 saturated carbocycles. The van der Waals surface area contributed by atoms with Gasteiger partial charge in [-0.2, -0.15) is 0 Å². The molecule has 0 aliphatic carbocycles. The lowest BCUT2D eigenvalue weighted by molar-refractivity contribution is 0.102. The molecule has 0 spiro atoms. The highest BCUT2D eigenvalue weighted by atomic mass is 32.2. The fourth-order valence-corrected chi connectivity index (χ4v) is 4.04. The molecule has 0 heterocycles. The number of carbonyl (C=O) groups excluding carboxylic acids is 1. The summed E-state index contributed by atoms with van der Waals surface area (Å²) in [7, 11) is -3.74. The number of rotatable bonds is 7. The van der Waals surface area contributed by atoms with Crippen molar-refractivity contribution >= 4 is 27.3 Å². The van der Waals surface area contributed by atoms with E-state index in [2.05, 4.69) is 10.0 Å². The summed E-state index contributed by atoms with van der Waals surface area (Å²) in [5.41, 5.74) is 1.21. The van der Waals surface area contributed by atoms with Gasteiger partial charge in [0.1, 0.15) is 11.5 Å². The number of carbonyl (C=O) groups is 1. The van der Waals surface area contributed by atoms with Crippen LogP contribution in [-0.4, -0.2) is 14.3 Å². The molecule has 7 heteroatoms. The van der Waals surface area contributed by atoms with Crippen LogP contribution >= 0.6 is 0 Å². The first-order valence-electron chi connectivity index (χ1n) is 9.82. The van der Waals surface area contributed by atoms with Gasteiger partial charge in [0.2, 0.25) is 0 Å². The maximum Gasteiger partial charge on any atom is 0.261 e. The molecule has 4 aromatic carbocycles. The zero-order valence-corrected chi connectivity index (χ0v) is 17.8. The molecule has 160 valence electrons. The van der Waals surface area contributed by atoms with Gasteiger partial charge in [-0.3, -0.25) is 9.52 Å². The summed E-state index contributed by atoms with van der Waals surface area (Å²) in [5, 5.41) is 2.80. The minimum absolute atomic E-state index is 0.146. The van der Waals surface area contributed by atoms with Crippen molar-refractivity contribution in [2.75, 3.05) is 10.0 Å². The first-order chi connectivity index (χ1) is 15.5. The highest BCUT2D eigenvalue weighted by Crippen LogP contribution is 2.23. The predicted molar refractivity (Wildman–Crippen MR) is 125 cm³/mol. The van der Waals surface area contributed by atoms with Crippen molar-refractivity contribution in [1.82, 2.24) is 0 Å². The van der Waals surface area contributed by atoms with Crippen LogP contribution in [0.15, 0.2) is 114 Å².